The molecule has 1 amide bonds. The first-order valence-corrected chi connectivity index (χ1v) is 10.1. The number of fused-ring (bicyclic) bond motifs is 1. The monoisotopic (exact) mass is 411 g/mol. The number of carbonyl (C=O) groups is 1. The minimum atomic E-state index is -0.353. The van der Waals surface area contributed by atoms with Gasteiger partial charge in [-0.2, -0.15) is 0 Å². The Balaban J connectivity index is 1.64. The molecule has 2 aliphatic carbocycles. The van der Waals surface area contributed by atoms with Crippen LogP contribution in [0.1, 0.15) is 27.9 Å². The lowest BCUT2D eigenvalue weighted by atomic mass is 10.0. The third kappa shape index (κ3) is 4.97. The first kappa shape index (κ1) is 20.3. The van der Waals surface area contributed by atoms with Gasteiger partial charge in [0.25, 0.3) is 5.91 Å². The number of nitrogens with zero attached hydrogens (tertiary/aromatic N) is 2. The molecule has 0 bridgehead atoms. The fourth-order valence-corrected chi connectivity index (χ4v) is 3.53. The summed E-state index contributed by atoms with van der Waals surface area (Å²) in [6, 6.07) is 9.21. The maximum absolute atomic E-state index is 13.5. The van der Waals surface area contributed by atoms with Gasteiger partial charge in [0.2, 0.25) is 0 Å². The molecular weight excluding hydrogens is 389 g/mol. The van der Waals surface area contributed by atoms with E-state index in [1.165, 1.54) is 12.2 Å². The topological polar surface area (TPSA) is 59.2 Å². The third-order valence-electron chi connectivity index (χ3n) is 5.14. The number of rotatable bonds is 5. The highest BCUT2D eigenvalue weighted by atomic mass is 19.1. The Bertz CT molecular complexity index is 1200. The number of halogens is 1. The van der Waals surface area contributed by atoms with Crippen LogP contribution in [0.3, 0.4) is 0 Å². The van der Waals surface area contributed by atoms with Gasteiger partial charge in [0.1, 0.15) is 11.6 Å². The maximum atomic E-state index is 13.5. The van der Waals surface area contributed by atoms with Crippen molar-refractivity contribution < 1.29 is 9.18 Å². The second-order valence-corrected chi connectivity index (χ2v) is 7.30. The zero-order chi connectivity index (χ0) is 21.6. The van der Waals surface area contributed by atoms with E-state index in [1.807, 2.05) is 36.4 Å². The molecule has 154 valence electrons. The summed E-state index contributed by atoms with van der Waals surface area (Å²) in [7, 11) is 0. The van der Waals surface area contributed by atoms with Crippen molar-refractivity contribution in [3.63, 3.8) is 0 Å². The summed E-state index contributed by atoms with van der Waals surface area (Å²) in [5, 5.41) is 0. The van der Waals surface area contributed by atoms with Crippen LogP contribution < -0.4 is 10.6 Å². The molecule has 31 heavy (non-hydrogen) atoms. The summed E-state index contributed by atoms with van der Waals surface area (Å²) < 4.78 is 13.4. The van der Waals surface area contributed by atoms with E-state index >= 15 is 0 Å². The SMILES string of the molecule is Nc1cc(N(CCC2=CC=C(F)C=C=C2)C(=O)c2ccc3c(c2)CC=CC=C3)ccn1. The molecule has 1 aromatic heterocycles. The predicted molar refractivity (Wildman–Crippen MR) is 123 cm³/mol. The fourth-order valence-electron chi connectivity index (χ4n) is 3.53. The zero-order valence-corrected chi connectivity index (χ0v) is 17.0. The Hall–Kier alpha value is -3.95. The number of allylic oxidation sites excluding steroid dienone is 7. The van der Waals surface area contributed by atoms with E-state index in [1.54, 1.807) is 35.4 Å². The number of nitrogens with two attached hydrogens (primary N) is 1. The normalized spacial score (nSPS) is 14.4. The highest BCUT2D eigenvalue weighted by Gasteiger charge is 2.19. The van der Waals surface area contributed by atoms with Crippen molar-refractivity contribution in [3.8, 4) is 0 Å². The maximum Gasteiger partial charge on any atom is 0.258 e. The first-order valence-electron chi connectivity index (χ1n) is 10.1. The molecule has 1 aromatic carbocycles. The summed E-state index contributed by atoms with van der Waals surface area (Å²) in [4.78, 5) is 19.2. The molecule has 2 aromatic rings. The molecule has 0 saturated carbocycles. The van der Waals surface area contributed by atoms with Crippen LogP contribution in [0.25, 0.3) is 6.08 Å². The molecule has 4 rings (SSSR count). The highest BCUT2D eigenvalue weighted by Crippen LogP contribution is 2.23. The molecule has 4 nitrogen and oxygen atoms in total. The predicted octanol–water partition coefficient (Wildman–Crippen LogP) is 5.33. The summed E-state index contributed by atoms with van der Waals surface area (Å²) in [5.74, 6) is -0.135. The molecule has 0 spiro atoms. The molecule has 0 aliphatic heterocycles. The number of pyridine rings is 1. The molecule has 0 saturated heterocycles. The van der Waals surface area contributed by atoms with Gasteiger partial charge >= 0.3 is 0 Å². The van der Waals surface area contributed by atoms with Crippen LogP contribution in [0, 0.1) is 0 Å². The minimum absolute atomic E-state index is 0.124. The highest BCUT2D eigenvalue weighted by molar-refractivity contribution is 6.06. The minimum Gasteiger partial charge on any atom is -0.384 e. The number of nitrogen functional groups attached to an aromatic ring is 1. The Labute approximate surface area is 180 Å². The van der Waals surface area contributed by atoms with E-state index in [9.17, 15) is 9.18 Å². The van der Waals surface area contributed by atoms with Gasteiger partial charge in [-0.25, -0.2) is 9.37 Å². The lowest BCUT2D eigenvalue weighted by Crippen LogP contribution is -2.32. The summed E-state index contributed by atoms with van der Waals surface area (Å²) >= 11 is 0. The van der Waals surface area contributed by atoms with E-state index in [0.29, 0.717) is 30.0 Å². The molecule has 5 heteroatoms. The van der Waals surface area contributed by atoms with Gasteiger partial charge in [-0.05, 0) is 59.9 Å². The quantitative estimate of drug-likeness (QED) is 0.677. The van der Waals surface area contributed by atoms with Gasteiger partial charge in [0.15, 0.2) is 0 Å². The van der Waals surface area contributed by atoms with Crippen LogP contribution in [0.4, 0.5) is 15.9 Å². The molecule has 0 atom stereocenters. The van der Waals surface area contributed by atoms with Gasteiger partial charge < -0.3 is 10.6 Å². The number of anilines is 2. The molecular formula is C26H22FN3O. The van der Waals surface area contributed by atoms with Gasteiger partial charge in [-0.3, -0.25) is 4.79 Å². The fraction of sp³-hybridized carbons (Fsp3) is 0.115. The lowest BCUT2D eigenvalue weighted by Gasteiger charge is -2.24. The average Bonchev–Trinajstić information content (AvgIpc) is 3.13. The van der Waals surface area contributed by atoms with Gasteiger partial charge in [0, 0.05) is 36.1 Å². The number of hydrogen-bond donors (Lipinski definition) is 1. The number of carbonyl (C=O) groups excluding carboxylic acids is 1. The van der Waals surface area contributed by atoms with Crippen molar-refractivity contribution in [2.24, 2.45) is 0 Å². The van der Waals surface area contributed by atoms with Crippen LogP contribution >= 0.6 is 0 Å². The molecule has 0 fully saturated rings. The molecule has 2 aliphatic rings. The number of aromatic nitrogens is 1. The van der Waals surface area contributed by atoms with E-state index < -0.39 is 0 Å². The van der Waals surface area contributed by atoms with Crippen molar-refractivity contribution in [1.29, 1.82) is 0 Å². The number of benzene rings is 1. The van der Waals surface area contributed by atoms with Crippen LogP contribution in [0.5, 0.6) is 0 Å². The molecule has 2 N–H and O–H groups in total. The van der Waals surface area contributed by atoms with E-state index in [2.05, 4.69) is 16.8 Å². The van der Waals surface area contributed by atoms with Crippen molar-refractivity contribution in [2.75, 3.05) is 17.2 Å². The Morgan fingerprint density at radius 2 is 2.06 bits per heavy atom. The van der Waals surface area contributed by atoms with Crippen molar-refractivity contribution in [1.82, 2.24) is 4.98 Å². The Morgan fingerprint density at radius 3 is 2.94 bits per heavy atom. The summed E-state index contributed by atoms with van der Waals surface area (Å²) in [6.07, 6.45) is 17.1. The molecule has 1 heterocycles. The Kier molecular flexibility index (Phi) is 6.06. The smallest absolute Gasteiger partial charge is 0.258 e. The number of hydrogen-bond acceptors (Lipinski definition) is 3. The van der Waals surface area contributed by atoms with Crippen LogP contribution in [0.2, 0.25) is 0 Å². The third-order valence-corrected chi connectivity index (χ3v) is 5.14. The van der Waals surface area contributed by atoms with Crippen LogP contribution in [-0.4, -0.2) is 17.4 Å². The zero-order valence-electron chi connectivity index (χ0n) is 17.0. The second-order valence-electron chi connectivity index (χ2n) is 7.30. The van der Waals surface area contributed by atoms with Crippen LogP contribution in [0.15, 0.2) is 96.2 Å². The second kappa shape index (κ2) is 9.24. The summed E-state index contributed by atoms with van der Waals surface area (Å²) in [5.41, 5.74) is 13.0. The number of amides is 1. The van der Waals surface area contributed by atoms with Gasteiger partial charge in [0.05, 0.1) is 0 Å². The van der Waals surface area contributed by atoms with Crippen LogP contribution in [-0.2, 0) is 6.42 Å². The summed E-state index contributed by atoms with van der Waals surface area (Å²) in [6.45, 7) is 0.401. The van der Waals surface area contributed by atoms with Crippen molar-refractivity contribution >= 4 is 23.5 Å². The van der Waals surface area contributed by atoms with Crippen molar-refractivity contribution in [2.45, 2.75) is 12.8 Å². The van der Waals surface area contributed by atoms with Crippen molar-refractivity contribution in [3.05, 3.63) is 113 Å². The largest absolute Gasteiger partial charge is 0.384 e. The Morgan fingerprint density at radius 1 is 1.16 bits per heavy atom. The van der Waals surface area contributed by atoms with E-state index in [0.717, 1.165) is 23.1 Å². The molecule has 0 unspecified atom stereocenters. The first-order chi connectivity index (χ1) is 15.1. The standard InChI is InChI=1S/C26H22FN3O/c27-23-8-4-5-19(9-12-23)14-16-30(24-13-15-29-25(28)18-24)26(31)22-11-10-20-6-2-1-3-7-21(20)17-22/h1-3,5-6,8-13,15,17-18H,7,14,16H2,(H2,28,29). The van der Waals surface area contributed by atoms with Gasteiger partial charge in [-0.15, -0.1) is 5.73 Å². The molecule has 0 radical (unpaired) electrons. The van der Waals surface area contributed by atoms with Gasteiger partial charge in [-0.1, -0.05) is 36.4 Å². The van der Waals surface area contributed by atoms with E-state index in [4.69, 9.17) is 5.73 Å². The van der Waals surface area contributed by atoms with E-state index in [-0.39, 0.29) is 11.7 Å². The lowest BCUT2D eigenvalue weighted by molar-refractivity contribution is 0.0987. The average molecular weight is 411 g/mol.